The zero-order chi connectivity index (χ0) is 10.8. The van der Waals surface area contributed by atoms with Crippen LogP contribution < -0.4 is 0 Å². The highest BCUT2D eigenvalue weighted by atomic mass is 16.1. The first-order valence-electron chi connectivity index (χ1n) is 4.94. The van der Waals surface area contributed by atoms with Gasteiger partial charge >= 0.3 is 0 Å². The van der Waals surface area contributed by atoms with Crippen LogP contribution in [-0.2, 0) is 10.2 Å². The molecule has 0 aliphatic rings. The van der Waals surface area contributed by atoms with Crippen molar-refractivity contribution in [2.75, 3.05) is 0 Å². The molecule has 1 nitrogen and oxygen atoms in total. The SMILES string of the molecule is CC(C)(C)C(C)(C=O)c1ccccc1. The summed E-state index contributed by atoms with van der Waals surface area (Å²) in [6.45, 7) is 8.27. The summed E-state index contributed by atoms with van der Waals surface area (Å²) in [5.41, 5.74) is 0.618. The van der Waals surface area contributed by atoms with Gasteiger partial charge in [0.15, 0.2) is 0 Å². The molecular formula is C13H18O. The molecule has 0 saturated heterocycles. The van der Waals surface area contributed by atoms with Crippen molar-refractivity contribution in [1.82, 2.24) is 0 Å². The Bertz CT molecular complexity index is 308. The third-order valence-corrected chi connectivity index (χ3v) is 3.17. The zero-order valence-corrected chi connectivity index (χ0v) is 9.37. The fourth-order valence-electron chi connectivity index (χ4n) is 1.46. The maximum atomic E-state index is 11.3. The number of benzene rings is 1. The van der Waals surface area contributed by atoms with Gasteiger partial charge in [0, 0.05) is 0 Å². The lowest BCUT2D eigenvalue weighted by Gasteiger charge is -2.37. The molecule has 1 aromatic carbocycles. The predicted octanol–water partition coefficient (Wildman–Crippen LogP) is 3.19. The van der Waals surface area contributed by atoms with Crippen LogP contribution in [0, 0.1) is 5.41 Å². The first-order chi connectivity index (χ1) is 6.42. The molecule has 14 heavy (non-hydrogen) atoms. The molecule has 0 heterocycles. The number of carbonyl (C=O) groups excluding carboxylic acids is 1. The Morgan fingerprint density at radius 1 is 1.00 bits per heavy atom. The molecule has 0 fully saturated rings. The van der Waals surface area contributed by atoms with Gasteiger partial charge in [-0.2, -0.15) is 0 Å². The summed E-state index contributed by atoms with van der Waals surface area (Å²) in [5.74, 6) is 0. The van der Waals surface area contributed by atoms with Gasteiger partial charge in [0.25, 0.3) is 0 Å². The maximum absolute atomic E-state index is 11.3. The maximum Gasteiger partial charge on any atom is 0.130 e. The number of hydrogen-bond acceptors (Lipinski definition) is 1. The minimum Gasteiger partial charge on any atom is -0.302 e. The van der Waals surface area contributed by atoms with Crippen molar-refractivity contribution >= 4 is 6.29 Å². The van der Waals surface area contributed by atoms with E-state index in [2.05, 4.69) is 20.8 Å². The van der Waals surface area contributed by atoms with Gasteiger partial charge in [0.1, 0.15) is 6.29 Å². The van der Waals surface area contributed by atoms with E-state index in [1.54, 1.807) is 0 Å². The Kier molecular flexibility index (Phi) is 2.79. The van der Waals surface area contributed by atoms with Crippen LogP contribution >= 0.6 is 0 Å². The van der Waals surface area contributed by atoms with Crippen molar-refractivity contribution in [3.05, 3.63) is 35.9 Å². The minimum atomic E-state index is -0.408. The second kappa shape index (κ2) is 3.56. The van der Waals surface area contributed by atoms with Gasteiger partial charge in [0.05, 0.1) is 5.41 Å². The fourth-order valence-corrected chi connectivity index (χ4v) is 1.46. The normalized spacial score (nSPS) is 16.0. The summed E-state index contributed by atoms with van der Waals surface area (Å²) in [4.78, 5) is 11.3. The lowest BCUT2D eigenvalue weighted by atomic mass is 9.65. The van der Waals surface area contributed by atoms with Crippen LogP contribution in [0.1, 0.15) is 33.3 Å². The average molecular weight is 190 g/mol. The van der Waals surface area contributed by atoms with Gasteiger partial charge in [0.2, 0.25) is 0 Å². The zero-order valence-electron chi connectivity index (χ0n) is 9.37. The Morgan fingerprint density at radius 2 is 1.50 bits per heavy atom. The smallest absolute Gasteiger partial charge is 0.130 e. The third-order valence-electron chi connectivity index (χ3n) is 3.17. The Balaban J connectivity index is 3.22. The summed E-state index contributed by atoms with van der Waals surface area (Å²) in [7, 11) is 0. The van der Waals surface area contributed by atoms with E-state index >= 15 is 0 Å². The highest BCUT2D eigenvalue weighted by Gasteiger charge is 2.38. The summed E-state index contributed by atoms with van der Waals surface area (Å²) in [5, 5.41) is 0. The van der Waals surface area contributed by atoms with Crippen LogP contribution in [0.15, 0.2) is 30.3 Å². The summed E-state index contributed by atoms with van der Waals surface area (Å²) in [6.07, 6.45) is 1.06. The second-order valence-corrected chi connectivity index (χ2v) is 4.94. The molecule has 0 bridgehead atoms. The summed E-state index contributed by atoms with van der Waals surface area (Å²) in [6, 6.07) is 9.95. The van der Waals surface area contributed by atoms with Crippen LogP contribution in [-0.4, -0.2) is 6.29 Å². The number of carbonyl (C=O) groups is 1. The van der Waals surface area contributed by atoms with E-state index < -0.39 is 5.41 Å². The molecule has 0 saturated carbocycles. The van der Waals surface area contributed by atoms with Crippen molar-refractivity contribution in [2.24, 2.45) is 5.41 Å². The molecule has 0 spiro atoms. The quantitative estimate of drug-likeness (QED) is 0.654. The summed E-state index contributed by atoms with van der Waals surface area (Å²) < 4.78 is 0. The Labute approximate surface area is 86.1 Å². The standard InChI is InChI=1S/C13H18O/c1-12(2,3)13(4,10-14)11-8-6-5-7-9-11/h5-10H,1-4H3. The number of rotatable bonds is 2. The lowest BCUT2D eigenvalue weighted by Crippen LogP contribution is -2.38. The molecule has 0 amide bonds. The Morgan fingerprint density at radius 3 is 1.86 bits per heavy atom. The van der Waals surface area contributed by atoms with Gasteiger partial charge in [-0.25, -0.2) is 0 Å². The van der Waals surface area contributed by atoms with Crippen molar-refractivity contribution in [3.63, 3.8) is 0 Å². The van der Waals surface area contributed by atoms with Crippen LogP contribution in [0.2, 0.25) is 0 Å². The molecule has 0 N–H and O–H groups in total. The molecule has 0 aromatic heterocycles. The average Bonchev–Trinajstić information content (AvgIpc) is 2.16. The van der Waals surface area contributed by atoms with Gasteiger partial charge in [-0.05, 0) is 17.9 Å². The molecule has 1 unspecified atom stereocenters. The lowest BCUT2D eigenvalue weighted by molar-refractivity contribution is -0.115. The highest BCUT2D eigenvalue weighted by molar-refractivity contribution is 5.69. The van der Waals surface area contributed by atoms with Crippen molar-refractivity contribution in [1.29, 1.82) is 0 Å². The fraction of sp³-hybridized carbons (Fsp3) is 0.462. The molecule has 0 aliphatic carbocycles. The van der Waals surface area contributed by atoms with E-state index in [1.165, 1.54) is 0 Å². The van der Waals surface area contributed by atoms with E-state index in [4.69, 9.17) is 0 Å². The highest BCUT2D eigenvalue weighted by Crippen LogP contribution is 2.39. The Hall–Kier alpha value is -1.11. The van der Waals surface area contributed by atoms with E-state index in [0.717, 1.165) is 11.8 Å². The van der Waals surface area contributed by atoms with E-state index in [-0.39, 0.29) is 5.41 Å². The van der Waals surface area contributed by atoms with E-state index in [1.807, 2.05) is 37.3 Å². The van der Waals surface area contributed by atoms with Gasteiger partial charge in [-0.3, -0.25) is 0 Å². The number of hydrogen-bond donors (Lipinski definition) is 0. The van der Waals surface area contributed by atoms with Crippen LogP contribution in [0.5, 0.6) is 0 Å². The van der Waals surface area contributed by atoms with Crippen molar-refractivity contribution < 1.29 is 4.79 Å². The second-order valence-electron chi connectivity index (χ2n) is 4.94. The monoisotopic (exact) mass is 190 g/mol. The van der Waals surface area contributed by atoms with E-state index in [0.29, 0.717) is 0 Å². The predicted molar refractivity (Wildman–Crippen MR) is 59.3 cm³/mol. The third kappa shape index (κ3) is 1.72. The molecular weight excluding hydrogens is 172 g/mol. The van der Waals surface area contributed by atoms with Crippen LogP contribution in [0.3, 0.4) is 0 Å². The van der Waals surface area contributed by atoms with Crippen LogP contribution in [0.4, 0.5) is 0 Å². The molecule has 0 aliphatic heterocycles. The molecule has 76 valence electrons. The first kappa shape index (κ1) is 11.0. The van der Waals surface area contributed by atoms with Crippen LogP contribution in [0.25, 0.3) is 0 Å². The van der Waals surface area contributed by atoms with Gasteiger partial charge in [-0.15, -0.1) is 0 Å². The van der Waals surface area contributed by atoms with Crippen molar-refractivity contribution in [2.45, 2.75) is 33.1 Å². The summed E-state index contributed by atoms with van der Waals surface area (Å²) >= 11 is 0. The largest absolute Gasteiger partial charge is 0.302 e. The minimum absolute atomic E-state index is 0.0594. The number of aldehydes is 1. The molecule has 1 aromatic rings. The molecule has 1 heteroatoms. The molecule has 0 radical (unpaired) electrons. The molecule has 1 atom stereocenters. The topological polar surface area (TPSA) is 17.1 Å². The van der Waals surface area contributed by atoms with Crippen molar-refractivity contribution in [3.8, 4) is 0 Å². The van der Waals surface area contributed by atoms with Gasteiger partial charge in [-0.1, -0.05) is 51.1 Å². The first-order valence-corrected chi connectivity index (χ1v) is 4.94. The van der Waals surface area contributed by atoms with E-state index in [9.17, 15) is 4.79 Å². The van der Waals surface area contributed by atoms with Gasteiger partial charge < -0.3 is 4.79 Å². The molecule has 1 rings (SSSR count).